The highest BCUT2D eigenvalue weighted by atomic mass is 32.2. The average Bonchev–Trinajstić information content (AvgIpc) is 3.34. The zero-order valence-electron chi connectivity index (χ0n) is 23.7. The molecule has 1 fully saturated rings. The van der Waals surface area contributed by atoms with Gasteiger partial charge < -0.3 is 19.9 Å². The van der Waals surface area contributed by atoms with Gasteiger partial charge in [0.05, 0.1) is 31.5 Å². The number of carbonyl (C=O) groups excluding carboxylic acids is 2. The van der Waals surface area contributed by atoms with Crippen LogP contribution in [-0.4, -0.2) is 66.4 Å². The van der Waals surface area contributed by atoms with E-state index >= 15 is 0 Å². The first-order valence-electron chi connectivity index (χ1n) is 13.7. The lowest BCUT2D eigenvalue weighted by Crippen LogP contribution is -2.52. The molecule has 3 unspecified atom stereocenters. The Hall–Kier alpha value is -3.67. The number of amides is 2. The smallest absolute Gasteiger partial charge is 0.415 e. The Bertz CT molecular complexity index is 1350. The molecule has 1 aliphatic rings. The number of anilines is 1. The summed E-state index contributed by atoms with van der Waals surface area (Å²) in [5, 5.41) is 14.3. The molecule has 2 amide bonds. The molecular weight excluding hydrogens is 564 g/mol. The van der Waals surface area contributed by atoms with Crippen molar-refractivity contribution in [1.82, 2.24) is 9.62 Å². The highest BCUT2D eigenvalue weighted by Gasteiger charge is 2.39. The summed E-state index contributed by atoms with van der Waals surface area (Å²) in [7, 11) is 1.61. The van der Waals surface area contributed by atoms with Crippen LogP contribution in [0.5, 0.6) is 5.75 Å². The van der Waals surface area contributed by atoms with Crippen molar-refractivity contribution in [3.8, 4) is 5.75 Å². The van der Waals surface area contributed by atoms with Gasteiger partial charge in [-0.3, -0.25) is 9.69 Å². The van der Waals surface area contributed by atoms with Gasteiger partial charge in [0.2, 0.25) is 0 Å². The number of methoxy groups -OCH3 is 1. The van der Waals surface area contributed by atoms with Crippen molar-refractivity contribution in [3.63, 3.8) is 0 Å². The molecule has 4 rings (SSSR count). The molecule has 3 aromatic rings. The van der Waals surface area contributed by atoms with Crippen LogP contribution in [0.3, 0.4) is 0 Å². The Morgan fingerprint density at radius 3 is 2.48 bits per heavy atom. The lowest BCUT2D eigenvalue weighted by molar-refractivity contribution is -0.129. The Morgan fingerprint density at radius 1 is 1.12 bits per heavy atom. The van der Waals surface area contributed by atoms with E-state index < -0.39 is 41.9 Å². The Kier molecular flexibility index (Phi) is 10.8. The molecule has 1 heterocycles. The number of benzene rings is 3. The molecule has 11 heteroatoms. The number of hydrogen-bond donors (Lipinski definition) is 2. The number of nitrogens with zero attached hydrogens (tertiary/aromatic N) is 2. The predicted molar refractivity (Wildman–Crippen MR) is 157 cm³/mol. The number of nitrogens with one attached hydrogen (secondary N) is 1. The van der Waals surface area contributed by atoms with E-state index in [1.165, 1.54) is 11.9 Å². The fraction of sp³-hybridized carbons (Fsp3) is 0.355. The van der Waals surface area contributed by atoms with Gasteiger partial charge in [-0.1, -0.05) is 44.2 Å². The molecule has 0 aliphatic carbocycles. The third-order valence-electron chi connectivity index (χ3n) is 6.65. The van der Waals surface area contributed by atoms with Crippen LogP contribution in [0.4, 0.5) is 19.3 Å². The number of carbonyl (C=O) groups is 2. The monoisotopic (exact) mass is 599 g/mol. The molecule has 0 saturated carbocycles. The number of halogens is 2. The average molecular weight is 600 g/mol. The van der Waals surface area contributed by atoms with Gasteiger partial charge in [-0.15, -0.1) is 0 Å². The number of ether oxygens (including phenoxy) is 2. The Morgan fingerprint density at radius 2 is 1.83 bits per heavy atom. The van der Waals surface area contributed by atoms with Crippen LogP contribution in [0.1, 0.15) is 19.4 Å². The minimum atomic E-state index is -1.24. The zero-order chi connectivity index (χ0) is 30.2. The van der Waals surface area contributed by atoms with E-state index in [1.807, 2.05) is 54.6 Å². The molecule has 1 aliphatic heterocycles. The standard InChI is InChI=1S/C31H35F2N3O5S/c1-20(2)17-35(42-24-12-10-23(40-3)11-13-24)18-28(37)26(15-21-7-5-4-6-8-21)34-30(38)29-19-36(31(39)41-29)27-14-9-22(32)16-25(27)33/h4-14,16,20,26,28-29,37H,15,17-19H2,1-3H3,(H,34,38). The van der Waals surface area contributed by atoms with E-state index in [4.69, 9.17) is 9.47 Å². The van der Waals surface area contributed by atoms with Gasteiger partial charge in [-0.25, -0.2) is 17.9 Å². The second-order valence-electron chi connectivity index (χ2n) is 10.5. The van der Waals surface area contributed by atoms with Crippen LogP contribution in [0.25, 0.3) is 0 Å². The summed E-state index contributed by atoms with van der Waals surface area (Å²) in [6, 6.07) is 19.1. The summed E-state index contributed by atoms with van der Waals surface area (Å²) in [4.78, 5) is 27.7. The molecule has 42 heavy (non-hydrogen) atoms. The quantitative estimate of drug-likeness (QED) is 0.266. The van der Waals surface area contributed by atoms with Crippen LogP contribution in [0, 0.1) is 17.6 Å². The van der Waals surface area contributed by atoms with Crippen molar-refractivity contribution in [2.75, 3.05) is 31.6 Å². The van der Waals surface area contributed by atoms with E-state index in [0.717, 1.165) is 33.2 Å². The summed E-state index contributed by atoms with van der Waals surface area (Å²) in [5.74, 6) is -1.29. The van der Waals surface area contributed by atoms with E-state index in [-0.39, 0.29) is 18.8 Å². The normalized spacial score (nSPS) is 16.4. The fourth-order valence-corrected chi connectivity index (χ4v) is 5.76. The second-order valence-corrected chi connectivity index (χ2v) is 11.6. The van der Waals surface area contributed by atoms with Crippen LogP contribution in [0.2, 0.25) is 0 Å². The van der Waals surface area contributed by atoms with Gasteiger partial charge in [0.15, 0.2) is 6.10 Å². The number of cyclic esters (lactones) is 1. The molecule has 0 aromatic heterocycles. The van der Waals surface area contributed by atoms with E-state index in [1.54, 1.807) is 7.11 Å². The van der Waals surface area contributed by atoms with E-state index in [9.17, 15) is 23.5 Å². The molecule has 1 saturated heterocycles. The van der Waals surface area contributed by atoms with Crippen molar-refractivity contribution in [3.05, 3.63) is 90.0 Å². The fourth-order valence-electron chi connectivity index (χ4n) is 4.60. The minimum absolute atomic E-state index is 0.183. The second kappa shape index (κ2) is 14.5. The van der Waals surface area contributed by atoms with E-state index in [2.05, 4.69) is 23.5 Å². The molecule has 224 valence electrons. The van der Waals surface area contributed by atoms with Gasteiger partial charge in [-0.2, -0.15) is 0 Å². The van der Waals surface area contributed by atoms with Crippen molar-refractivity contribution >= 4 is 29.6 Å². The van der Waals surface area contributed by atoms with Crippen LogP contribution in [0.15, 0.2) is 77.7 Å². The number of hydrogen-bond acceptors (Lipinski definition) is 7. The summed E-state index contributed by atoms with van der Waals surface area (Å²) < 4.78 is 40.3. The third-order valence-corrected chi connectivity index (χ3v) is 7.69. The molecule has 0 spiro atoms. The molecule has 3 aromatic carbocycles. The Balaban J connectivity index is 1.48. The van der Waals surface area contributed by atoms with Crippen molar-refractivity contribution < 1.29 is 33.0 Å². The molecular formula is C31H35F2N3O5S. The maximum Gasteiger partial charge on any atom is 0.415 e. The topological polar surface area (TPSA) is 91.3 Å². The maximum atomic E-state index is 14.3. The van der Waals surface area contributed by atoms with Crippen LogP contribution < -0.4 is 15.0 Å². The largest absolute Gasteiger partial charge is 0.497 e. The Labute approximate surface area is 248 Å². The first kappa shape index (κ1) is 31.3. The summed E-state index contributed by atoms with van der Waals surface area (Å²) >= 11 is 1.50. The van der Waals surface area contributed by atoms with Crippen LogP contribution in [-0.2, 0) is 16.0 Å². The number of aliphatic hydroxyl groups excluding tert-OH is 1. The highest BCUT2D eigenvalue weighted by Crippen LogP contribution is 2.28. The van der Waals surface area contributed by atoms with Gasteiger partial charge in [0, 0.05) is 24.1 Å². The highest BCUT2D eigenvalue weighted by molar-refractivity contribution is 7.97. The van der Waals surface area contributed by atoms with Gasteiger partial charge in [-0.05, 0) is 66.2 Å². The molecule has 2 N–H and O–H groups in total. The van der Waals surface area contributed by atoms with E-state index in [0.29, 0.717) is 24.9 Å². The SMILES string of the molecule is COc1ccc(SN(CC(C)C)CC(O)C(Cc2ccccc2)NC(=O)C2CN(c3ccc(F)cc3F)C(=O)O2)cc1. The summed E-state index contributed by atoms with van der Waals surface area (Å²) in [5.41, 5.74) is 0.718. The van der Waals surface area contributed by atoms with Crippen molar-refractivity contribution in [2.24, 2.45) is 5.92 Å². The molecule has 0 bridgehead atoms. The van der Waals surface area contributed by atoms with Gasteiger partial charge in [0.25, 0.3) is 5.91 Å². The van der Waals surface area contributed by atoms with Crippen molar-refractivity contribution in [1.29, 1.82) is 0 Å². The lowest BCUT2D eigenvalue weighted by Gasteiger charge is -2.31. The minimum Gasteiger partial charge on any atom is -0.497 e. The maximum absolute atomic E-state index is 14.3. The summed E-state index contributed by atoms with van der Waals surface area (Å²) in [6.45, 7) is 4.83. The predicted octanol–water partition coefficient (Wildman–Crippen LogP) is 5.05. The van der Waals surface area contributed by atoms with Gasteiger partial charge in [0.1, 0.15) is 17.4 Å². The first-order chi connectivity index (χ1) is 20.1. The zero-order valence-corrected chi connectivity index (χ0v) is 24.5. The lowest BCUT2D eigenvalue weighted by atomic mass is 10.0. The molecule has 8 nitrogen and oxygen atoms in total. The molecule has 0 radical (unpaired) electrons. The summed E-state index contributed by atoms with van der Waals surface area (Å²) in [6.07, 6.45) is -2.82. The van der Waals surface area contributed by atoms with Crippen molar-refractivity contribution in [2.45, 2.75) is 43.4 Å². The third kappa shape index (κ3) is 8.43. The van der Waals surface area contributed by atoms with Crippen LogP contribution >= 0.6 is 11.9 Å². The number of rotatable bonds is 13. The number of aliphatic hydroxyl groups is 1. The molecule has 3 atom stereocenters. The first-order valence-corrected chi connectivity index (χ1v) is 14.4. The van der Waals surface area contributed by atoms with Gasteiger partial charge >= 0.3 is 6.09 Å².